The lowest BCUT2D eigenvalue weighted by Crippen LogP contribution is -2.42. The second-order valence-electron chi connectivity index (χ2n) is 5.84. The van der Waals surface area contributed by atoms with Crippen LogP contribution in [-0.2, 0) is 4.79 Å². The van der Waals surface area contributed by atoms with Crippen LogP contribution in [0.1, 0.15) is 25.0 Å². The highest BCUT2D eigenvalue weighted by Crippen LogP contribution is 2.23. The number of anilines is 1. The van der Waals surface area contributed by atoms with E-state index in [9.17, 15) is 4.79 Å². The second kappa shape index (κ2) is 6.41. The highest BCUT2D eigenvalue weighted by atomic mass is 35.5. The quantitative estimate of drug-likeness (QED) is 0.883. The van der Waals surface area contributed by atoms with Crippen LogP contribution in [0.15, 0.2) is 42.5 Å². The van der Waals surface area contributed by atoms with E-state index in [1.165, 1.54) is 0 Å². The van der Waals surface area contributed by atoms with Crippen LogP contribution in [0.3, 0.4) is 0 Å². The summed E-state index contributed by atoms with van der Waals surface area (Å²) in [6.07, 6.45) is 0. The molecule has 116 valence electrons. The number of carbonyl (C=O) groups excluding carboxylic acids is 1. The summed E-state index contributed by atoms with van der Waals surface area (Å²) in [5, 5.41) is 3.56. The van der Waals surface area contributed by atoms with E-state index < -0.39 is 5.60 Å². The molecular weight excluding hydrogens is 298 g/mol. The third-order valence-corrected chi connectivity index (χ3v) is 3.63. The second-order valence-corrected chi connectivity index (χ2v) is 6.28. The lowest BCUT2D eigenvalue weighted by molar-refractivity contribution is -0.128. The van der Waals surface area contributed by atoms with Crippen molar-refractivity contribution in [3.63, 3.8) is 0 Å². The number of aryl methyl sites for hydroxylation is 2. The summed E-state index contributed by atoms with van der Waals surface area (Å²) in [6.45, 7) is 7.43. The number of halogens is 1. The number of hydrogen-bond acceptors (Lipinski definition) is 2. The minimum absolute atomic E-state index is 0.198. The molecule has 4 heteroatoms. The Balaban J connectivity index is 2.13. The molecule has 0 unspecified atom stereocenters. The Morgan fingerprint density at radius 2 is 1.73 bits per heavy atom. The fraction of sp³-hybridized carbons (Fsp3) is 0.278. The zero-order valence-corrected chi connectivity index (χ0v) is 14.0. The molecule has 2 aromatic rings. The van der Waals surface area contributed by atoms with Crippen LogP contribution in [0.2, 0.25) is 5.02 Å². The summed E-state index contributed by atoms with van der Waals surface area (Å²) in [4.78, 5) is 12.5. The van der Waals surface area contributed by atoms with Crippen LogP contribution in [0.5, 0.6) is 5.75 Å². The Morgan fingerprint density at radius 3 is 2.36 bits per heavy atom. The smallest absolute Gasteiger partial charge is 0.267 e. The largest absolute Gasteiger partial charge is 0.478 e. The third kappa shape index (κ3) is 4.01. The van der Waals surface area contributed by atoms with Crippen LogP contribution in [0, 0.1) is 13.8 Å². The highest BCUT2D eigenvalue weighted by molar-refractivity contribution is 6.30. The normalized spacial score (nSPS) is 11.1. The third-order valence-electron chi connectivity index (χ3n) is 3.37. The van der Waals surface area contributed by atoms with Crippen LogP contribution in [-0.4, -0.2) is 11.5 Å². The van der Waals surface area contributed by atoms with Gasteiger partial charge in [-0.15, -0.1) is 0 Å². The van der Waals surface area contributed by atoms with Gasteiger partial charge in [0.2, 0.25) is 0 Å². The average molecular weight is 318 g/mol. The Bertz CT molecular complexity index is 678. The first kappa shape index (κ1) is 16.4. The van der Waals surface area contributed by atoms with Gasteiger partial charge in [0, 0.05) is 10.7 Å². The molecule has 0 aliphatic rings. The predicted molar refractivity (Wildman–Crippen MR) is 90.7 cm³/mol. The maximum absolute atomic E-state index is 12.5. The standard InChI is InChI=1S/C18H20ClNO2/c1-12-5-6-13(2)16(11-12)20-17(21)18(3,4)22-15-9-7-14(19)8-10-15/h5-11H,1-4H3,(H,20,21). The molecular formula is C18H20ClNO2. The fourth-order valence-electron chi connectivity index (χ4n) is 1.99. The number of ether oxygens (including phenoxy) is 1. The lowest BCUT2D eigenvalue weighted by atomic mass is 10.1. The zero-order valence-electron chi connectivity index (χ0n) is 13.2. The fourth-order valence-corrected chi connectivity index (χ4v) is 2.11. The number of benzene rings is 2. The lowest BCUT2D eigenvalue weighted by Gasteiger charge is -2.26. The number of carbonyl (C=O) groups is 1. The Hall–Kier alpha value is -2.00. The van der Waals surface area contributed by atoms with Crippen molar-refractivity contribution in [2.45, 2.75) is 33.3 Å². The van der Waals surface area contributed by atoms with Crippen molar-refractivity contribution in [3.05, 3.63) is 58.6 Å². The van der Waals surface area contributed by atoms with Gasteiger partial charge in [-0.25, -0.2) is 0 Å². The topological polar surface area (TPSA) is 38.3 Å². The van der Waals surface area contributed by atoms with E-state index in [-0.39, 0.29) is 5.91 Å². The molecule has 2 aromatic carbocycles. The molecule has 1 N–H and O–H groups in total. The molecule has 0 aromatic heterocycles. The van der Waals surface area contributed by atoms with E-state index in [0.717, 1.165) is 16.8 Å². The van der Waals surface area contributed by atoms with Gasteiger partial charge in [-0.2, -0.15) is 0 Å². The van der Waals surface area contributed by atoms with Gasteiger partial charge in [-0.05, 0) is 69.2 Å². The maximum Gasteiger partial charge on any atom is 0.267 e. The van der Waals surface area contributed by atoms with Gasteiger partial charge in [0.05, 0.1) is 0 Å². The molecule has 0 atom stereocenters. The summed E-state index contributed by atoms with van der Waals surface area (Å²) in [7, 11) is 0. The average Bonchev–Trinajstić information content (AvgIpc) is 2.45. The number of amides is 1. The first-order valence-electron chi connectivity index (χ1n) is 7.11. The van der Waals surface area contributed by atoms with Gasteiger partial charge in [0.15, 0.2) is 5.60 Å². The van der Waals surface area contributed by atoms with E-state index in [1.54, 1.807) is 38.1 Å². The Labute approximate surface area is 136 Å². The van der Waals surface area contributed by atoms with Gasteiger partial charge >= 0.3 is 0 Å². The van der Waals surface area contributed by atoms with E-state index in [1.807, 2.05) is 32.0 Å². The molecule has 0 bridgehead atoms. The molecule has 0 aliphatic carbocycles. The number of rotatable bonds is 4. The molecule has 22 heavy (non-hydrogen) atoms. The number of hydrogen-bond donors (Lipinski definition) is 1. The van der Waals surface area contributed by atoms with Crippen LogP contribution >= 0.6 is 11.6 Å². The first-order chi connectivity index (χ1) is 10.3. The van der Waals surface area contributed by atoms with Crippen LogP contribution < -0.4 is 10.1 Å². The SMILES string of the molecule is Cc1ccc(C)c(NC(=O)C(C)(C)Oc2ccc(Cl)cc2)c1. The Kier molecular flexibility index (Phi) is 4.77. The molecule has 0 radical (unpaired) electrons. The minimum atomic E-state index is -0.996. The molecule has 3 nitrogen and oxygen atoms in total. The van der Waals surface area contributed by atoms with Crippen molar-refractivity contribution in [2.24, 2.45) is 0 Å². The van der Waals surface area contributed by atoms with E-state index in [0.29, 0.717) is 10.8 Å². The predicted octanol–water partition coefficient (Wildman–Crippen LogP) is 4.75. The summed E-state index contributed by atoms with van der Waals surface area (Å²) in [6, 6.07) is 12.9. The summed E-state index contributed by atoms with van der Waals surface area (Å²) in [5.41, 5.74) is 1.92. The van der Waals surface area contributed by atoms with Crippen LogP contribution in [0.4, 0.5) is 5.69 Å². The zero-order chi connectivity index (χ0) is 16.3. The summed E-state index contributed by atoms with van der Waals surface area (Å²) < 4.78 is 5.79. The van der Waals surface area contributed by atoms with Crippen molar-refractivity contribution >= 4 is 23.2 Å². The van der Waals surface area contributed by atoms with E-state index in [4.69, 9.17) is 16.3 Å². The molecule has 0 saturated heterocycles. The monoisotopic (exact) mass is 317 g/mol. The molecule has 0 spiro atoms. The van der Waals surface area contributed by atoms with Crippen molar-refractivity contribution < 1.29 is 9.53 Å². The Morgan fingerprint density at radius 1 is 1.09 bits per heavy atom. The highest BCUT2D eigenvalue weighted by Gasteiger charge is 2.30. The van der Waals surface area contributed by atoms with Gasteiger partial charge in [-0.3, -0.25) is 4.79 Å². The molecule has 0 fully saturated rings. The van der Waals surface area contributed by atoms with Gasteiger partial charge in [0.25, 0.3) is 5.91 Å². The molecule has 1 amide bonds. The van der Waals surface area contributed by atoms with Crippen molar-refractivity contribution in [3.8, 4) is 5.75 Å². The van der Waals surface area contributed by atoms with Gasteiger partial charge in [0.1, 0.15) is 5.75 Å². The first-order valence-corrected chi connectivity index (χ1v) is 7.49. The molecule has 2 rings (SSSR count). The van der Waals surface area contributed by atoms with Gasteiger partial charge < -0.3 is 10.1 Å². The summed E-state index contributed by atoms with van der Waals surface area (Å²) in [5.74, 6) is 0.404. The maximum atomic E-state index is 12.5. The van der Waals surface area contributed by atoms with Crippen LogP contribution in [0.25, 0.3) is 0 Å². The van der Waals surface area contributed by atoms with E-state index in [2.05, 4.69) is 5.32 Å². The van der Waals surface area contributed by atoms with Crippen molar-refractivity contribution in [2.75, 3.05) is 5.32 Å². The van der Waals surface area contributed by atoms with Crippen molar-refractivity contribution in [1.82, 2.24) is 0 Å². The minimum Gasteiger partial charge on any atom is -0.478 e. The number of nitrogens with one attached hydrogen (secondary N) is 1. The molecule has 0 heterocycles. The molecule has 0 saturated carbocycles. The van der Waals surface area contributed by atoms with Crippen molar-refractivity contribution in [1.29, 1.82) is 0 Å². The summed E-state index contributed by atoms with van der Waals surface area (Å²) >= 11 is 5.85. The van der Waals surface area contributed by atoms with E-state index >= 15 is 0 Å². The van der Waals surface area contributed by atoms with Gasteiger partial charge in [-0.1, -0.05) is 23.7 Å². The molecule has 0 aliphatic heterocycles.